The number of hydrogen-bond donors (Lipinski definition) is 2. The van der Waals surface area contributed by atoms with Crippen LogP contribution in [0.15, 0.2) is 76.4 Å². The van der Waals surface area contributed by atoms with Crippen molar-refractivity contribution in [2.45, 2.75) is 45.1 Å². The normalized spacial score (nSPS) is 11.4. The summed E-state index contributed by atoms with van der Waals surface area (Å²) in [5.74, 6) is 2.03. The summed E-state index contributed by atoms with van der Waals surface area (Å²) in [5, 5.41) is 4.64. The van der Waals surface area contributed by atoms with Crippen LogP contribution in [0.25, 0.3) is 16.9 Å². The van der Waals surface area contributed by atoms with E-state index in [9.17, 15) is 13.2 Å². The highest BCUT2D eigenvalue weighted by atomic mass is 32.2. The van der Waals surface area contributed by atoms with Crippen molar-refractivity contribution in [3.05, 3.63) is 94.2 Å². The van der Waals surface area contributed by atoms with E-state index in [-0.39, 0.29) is 22.0 Å². The second kappa shape index (κ2) is 12.6. The summed E-state index contributed by atoms with van der Waals surface area (Å²) in [7, 11) is -2.59. The molecule has 0 aliphatic heterocycles. The number of rotatable bonds is 12. The highest BCUT2D eigenvalue weighted by Gasteiger charge is 2.22. The quantitative estimate of drug-likeness (QED) is 0.200. The maximum absolute atomic E-state index is 13.5. The van der Waals surface area contributed by atoms with Crippen LogP contribution in [0, 0.1) is 6.92 Å². The van der Waals surface area contributed by atoms with Crippen molar-refractivity contribution in [2.75, 3.05) is 18.4 Å². The molecule has 5 rings (SSSR count). The van der Waals surface area contributed by atoms with Gasteiger partial charge in [0.2, 0.25) is 0 Å². The lowest BCUT2D eigenvalue weighted by Gasteiger charge is -2.15. The summed E-state index contributed by atoms with van der Waals surface area (Å²) in [6.45, 7) is 6.24. The van der Waals surface area contributed by atoms with Gasteiger partial charge in [0.25, 0.3) is 15.6 Å². The molecule has 2 aromatic heterocycles. The Kier molecular flexibility index (Phi) is 8.67. The average molecular weight is 604 g/mol. The number of methoxy groups -OCH3 is 1. The van der Waals surface area contributed by atoms with E-state index in [1.165, 1.54) is 23.8 Å². The zero-order valence-electron chi connectivity index (χ0n) is 24.4. The lowest BCUT2D eigenvalue weighted by Crippen LogP contribution is -2.17. The number of fused-ring (bicyclic) bond motifs is 1. The van der Waals surface area contributed by atoms with Gasteiger partial charge in [0.05, 0.1) is 35.6 Å². The molecule has 0 saturated heterocycles. The van der Waals surface area contributed by atoms with Crippen molar-refractivity contribution in [3.63, 3.8) is 0 Å². The summed E-state index contributed by atoms with van der Waals surface area (Å²) in [6.07, 6.45) is 1.44. The standard InChI is InChI=1S/C31H33N5O6S/c1-5-10-28-32-20(3)29-31(37)33-30(34-36(28)29)24-18-23(14-16-25(24)41-6-2)43(38,39)35-22-13-15-26(27(17-22)40-4)42-19-21-11-8-7-9-12-21/h7-9,11-18,35H,5-6,10,19H2,1-4H3,(H,33,34,37). The Hall–Kier alpha value is -4.84. The lowest BCUT2D eigenvalue weighted by atomic mass is 10.2. The molecule has 2 heterocycles. The first-order valence-corrected chi connectivity index (χ1v) is 15.4. The second-order valence-electron chi connectivity index (χ2n) is 9.76. The van der Waals surface area contributed by atoms with E-state index in [1.807, 2.05) is 44.2 Å². The van der Waals surface area contributed by atoms with E-state index >= 15 is 0 Å². The highest BCUT2D eigenvalue weighted by Crippen LogP contribution is 2.34. The van der Waals surface area contributed by atoms with Gasteiger partial charge in [-0.3, -0.25) is 9.52 Å². The molecule has 12 heteroatoms. The topological polar surface area (TPSA) is 137 Å². The minimum Gasteiger partial charge on any atom is -0.493 e. The molecule has 0 bridgehead atoms. The van der Waals surface area contributed by atoms with Crippen molar-refractivity contribution >= 4 is 21.2 Å². The van der Waals surface area contributed by atoms with Crippen molar-refractivity contribution in [2.24, 2.45) is 0 Å². The maximum Gasteiger partial charge on any atom is 0.277 e. The monoisotopic (exact) mass is 603 g/mol. The minimum absolute atomic E-state index is 0.0485. The number of aryl methyl sites for hydroxylation is 2. The van der Waals surface area contributed by atoms with E-state index in [2.05, 4.69) is 19.8 Å². The lowest BCUT2D eigenvalue weighted by molar-refractivity contribution is 0.284. The Morgan fingerprint density at radius 2 is 1.72 bits per heavy atom. The van der Waals surface area contributed by atoms with Crippen LogP contribution in [-0.4, -0.2) is 41.7 Å². The Morgan fingerprint density at radius 1 is 0.953 bits per heavy atom. The van der Waals surface area contributed by atoms with Gasteiger partial charge in [-0.05, 0) is 56.2 Å². The van der Waals surface area contributed by atoms with E-state index in [1.54, 1.807) is 31.2 Å². The molecule has 0 spiro atoms. The summed E-state index contributed by atoms with van der Waals surface area (Å²) >= 11 is 0. The summed E-state index contributed by atoms with van der Waals surface area (Å²) < 4.78 is 48.3. The van der Waals surface area contributed by atoms with Crippen LogP contribution < -0.4 is 24.5 Å². The van der Waals surface area contributed by atoms with Crippen LogP contribution in [0.1, 0.15) is 37.4 Å². The number of benzene rings is 3. The molecule has 43 heavy (non-hydrogen) atoms. The molecule has 2 N–H and O–H groups in total. The molecule has 0 aliphatic carbocycles. The number of H-pyrrole nitrogens is 1. The van der Waals surface area contributed by atoms with Gasteiger partial charge in [-0.1, -0.05) is 37.3 Å². The van der Waals surface area contributed by atoms with Crippen LogP contribution >= 0.6 is 0 Å². The third kappa shape index (κ3) is 6.33. The number of nitrogens with zero attached hydrogens (tertiary/aromatic N) is 3. The summed E-state index contributed by atoms with van der Waals surface area (Å²) in [6, 6.07) is 18.9. The summed E-state index contributed by atoms with van der Waals surface area (Å²) in [4.78, 5) is 20.3. The Bertz CT molecular complexity index is 1920. The van der Waals surface area contributed by atoms with Gasteiger partial charge in [0.1, 0.15) is 18.2 Å². The molecule has 224 valence electrons. The fourth-order valence-electron chi connectivity index (χ4n) is 4.69. The molecular formula is C31H33N5O6S. The molecule has 3 aromatic carbocycles. The van der Waals surface area contributed by atoms with Gasteiger partial charge in [0, 0.05) is 12.5 Å². The fourth-order valence-corrected chi connectivity index (χ4v) is 5.76. The van der Waals surface area contributed by atoms with Crippen molar-refractivity contribution in [3.8, 4) is 28.6 Å². The number of ether oxygens (including phenoxy) is 3. The summed E-state index contributed by atoms with van der Waals surface area (Å²) in [5.41, 5.74) is 2.13. The van der Waals surface area contributed by atoms with Gasteiger partial charge in [0.15, 0.2) is 22.8 Å². The predicted octanol–water partition coefficient (Wildman–Crippen LogP) is 5.13. The smallest absolute Gasteiger partial charge is 0.277 e. The molecule has 5 aromatic rings. The van der Waals surface area contributed by atoms with Gasteiger partial charge in [-0.2, -0.15) is 0 Å². The first kappa shape index (κ1) is 29.6. The maximum atomic E-state index is 13.5. The number of sulfonamides is 1. The first-order chi connectivity index (χ1) is 20.7. The van der Waals surface area contributed by atoms with E-state index < -0.39 is 10.0 Å². The van der Waals surface area contributed by atoms with E-state index in [4.69, 9.17) is 14.2 Å². The van der Waals surface area contributed by atoms with Gasteiger partial charge in [-0.15, -0.1) is 5.10 Å². The molecule has 11 nitrogen and oxygen atoms in total. The van der Waals surface area contributed by atoms with Crippen LogP contribution in [0.5, 0.6) is 17.2 Å². The zero-order chi connectivity index (χ0) is 30.6. The van der Waals surface area contributed by atoms with Crippen LogP contribution in [0.3, 0.4) is 0 Å². The third-order valence-electron chi connectivity index (χ3n) is 6.69. The molecule has 0 saturated carbocycles. The van der Waals surface area contributed by atoms with Crippen molar-refractivity contribution < 1.29 is 22.6 Å². The SMILES string of the molecule is CCCc1nc(C)c2c(=O)[nH]c(-c3cc(S(=O)(=O)Nc4ccc(OCc5ccccc5)c(OC)c4)ccc3OCC)nn12. The average Bonchev–Trinajstić information content (AvgIpc) is 3.32. The van der Waals surface area contributed by atoms with E-state index in [0.717, 1.165) is 12.0 Å². The Balaban J connectivity index is 1.47. The van der Waals surface area contributed by atoms with Crippen LogP contribution in [0.2, 0.25) is 0 Å². The molecule has 0 amide bonds. The van der Waals surface area contributed by atoms with Crippen LogP contribution in [0.4, 0.5) is 5.69 Å². The van der Waals surface area contributed by atoms with Gasteiger partial charge < -0.3 is 19.2 Å². The van der Waals surface area contributed by atoms with E-state index in [0.29, 0.717) is 59.5 Å². The number of anilines is 1. The molecule has 0 atom stereocenters. The molecule has 0 fully saturated rings. The molecule has 0 aliphatic rings. The predicted molar refractivity (Wildman–Crippen MR) is 164 cm³/mol. The number of aromatic amines is 1. The Labute approximate surface area is 249 Å². The molecule has 0 radical (unpaired) electrons. The van der Waals surface area contributed by atoms with Gasteiger partial charge >= 0.3 is 0 Å². The number of imidazole rings is 1. The first-order valence-electron chi connectivity index (χ1n) is 13.9. The largest absolute Gasteiger partial charge is 0.493 e. The molecule has 0 unspecified atom stereocenters. The Morgan fingerprint density at radius 3 is 2.44 bits per heavy atom. The third-order valence-corrected chi connectivity index (χ3v) is 8.06. The van der Waals surface area contributed by atoms with Crippen LogP contribution in [-0.2, 0) is 23.1 Å². The highest BCUT2D eigenvalue weighted by molar-refractivity contribution is 7.92. The minimum atomic E-state index is -4.07. The van der Waals surface area contributed by atoms with Crippen molar-refractivity contribution in [1.29, 1.82) is 0 Å². The van der Waals surface area contributed by atoms with Gasteiger partial charge in [-0.25, -0.2) is 17.9 Å². The zero-order valence-corrected chi connectivity index (χ0v) is 25.2. The molecular weight excluding hydrogens is 570 g/mol. The number of aromatic nitrogens is 4. The second-order valence-corrected chi connectivity index (χ2v) is 11.4. The number of nitrogens with one attached hydrogen (secondary N) is 2. The fraction of sp³-hybridized carbons (Fsp3) is 0.258. The van der Waals surface area contributed by atoms with Crippen molar-refractivity contribution in [1.82, 2.24) is 19.6 Å². The number of hydrogen-bond acceptors (Lipinski definition) is 8.